The second kappa shape index (κ2) is 7.49. The lowest BCUT2D eigenvalue weighted by Gasteiger charge is -2.28. The predicted molar refractivity (Wildman–Crippen MR) is 86.2 cm³/mol. The van der Waals surface area contributed by atoms with Gasteiger partial charge in [0.15, 0.2) is 0 Å². The normalized spacial score (nSPS) is 19.6. The Labute approximate surface area is 141 Å². The van der Waals surface area contributed by atoms with Gasteiger partial charge in [0.25, 0.3) is 5.91 Å². The summed E-state index contributed by atoms with van der Waals surface area (Å²) < 4.78 is 5.32. The summed E-state index contributed by atoms with van der Waals surface area (Å²) in [6.45, 7) is 3.71. The van der Waals surface area contributed by atoms with Gasteiger partial charge in [-0.15, -0.1) is 0 Å². The third-order valence-electron chi connectivity index (χ3n) is 4.71. The molecule has 2 fully saturated rings. The summed E-state index contributed by atoms with van der Waals surface area (Å²) in [5.74, 6) is 0.138. The van der Waals surface area contributed by atoms with Gasteiger partial charge in [0, 0.05) is 51.5 Å². The Kier molecular flexibility index (Phi) is 5.16. The van der Waals surface area contributed by atoms with E-state index in [0.717, 1.165) is 19.3 Å². The highest BCUT2D eigenvalue weighted by Crippen LogP contribution is 2.19. The van der Waals surface area contributed by atoms with E-state index >= 15 is 0 Å². The summed E-state index contributed by atoms with van der Waals surface area (Å²) in [5, 5.41) is 8.86. The number of hydrogen-bond acceptors (Lipinski definition) is 4. The minimum Gasteiger partial charge on any atom is -0.381 e. The van der Waals surface area contributed by atoms with Crippen LogP contribution in [0.2, 0.25) is 0 Å². The van der Waals surface area contributed by atoms with Crippen LogP contribution in [0.4, 0.5) is 0 Å². The van der Waals surface area contributed by atoms with Crippen molar-refractivity contribution in [3.8, 4) is 6.07 Å². The average molecular weight is 330 g/mol. The fraction of sp³-hybridized carbons (Fsp3) is 0.588. The maximum absolute atomic E-state index is 12.6. The van der Waals surface area contributed by atoms with Crippen LogP contribution >= 0.6 is 0 Å². The van der Waals surface area contributed by atoms with Gasteiger partial charge < -0.3 is 19.5 Å². The number of carbonyl (C=O) groups excluding carboxylic acids is 2. The predicted octanol–water partition coefficient (Wildman–Crippen LogP) is 0.987. The number of aromatic amines is 1. The minimum absolute atomic E-state index is 0.0580. The fourth-order valence-corrected chi connectivity index (χ4v) is 3.30. The Bertz CT molecular complexity index is 643. The molecule has 0 unspecified atom stereocenters. The molecular formula is C17H22N4O3. The van der Waals surface area contributed by atoms with Gasteiger partial charge >= 0.3 is 0 Å². The van der Waals surface area contributed by atoms with Crippen LogP contribution in [0.5, 0.6) is 0 Å². The molecule has 2 amide bonds. The number of hydrogen-bond donors (Lipinski definition) is 1. The molecular weight excluding hydrogens is 308 g/mol. The number of carbonyl (C=O) groups is 2. The van der Waals surface area contributed by atoms with Crippen LogP contribution in [-0.4, -0.2) is 66.0 Å². The number of ether oxygens (including phenoxy) is 1. The zero-order chi connectivity index (χ0) is 16.9. The number of nitrogens with one attached hydrogen (secondary N) is 1. The summed E-state index contributed by atoms with van der Waals surface area (Å²) in [7, 11) is 0. The molecule has 24 heavy (non-hydrogen) atoms. The lowest BCUT2D eigenvalue weighted by atomic mass is 9.98. The second-order valence-corrected chi connectivity index (χ2v) is 6.27. The standard InChI is InChI=1S/C17H22N4O3/c18-11-13-10-15(19-12-13)17(23)21-5-1-4-20(6-7-21)16(22)14-2-8-24-9-3-14/h10,12,14,19H,1-9H2. The van der Waals surface area contributed by atoms with Gasteiger partial charge in [0.1, 0.15) is 11.8 Å². The highest BCUT2D eigenvalue weighted by atomic mass is 16.5. The SMILES string of the molecule is N#Cc1c[nH]c(C(=O)N2CCCN(C(=O)C3CCOCC3)CC2)c1. The molecule has 7 heteroatoms. The Morgan fingerprint density at radius 3 is 2.58 bits per heavy atom. The first kappa shape index (κ1) is 16.5. The van der Waals surface area contributed by atoms with Crippen LogP contribution in [-0.2, 0) is 9.53 Å². The minimum atomic E-state index is -0.114. The van der Waals surface area contributed by atoms with E-state index in [4.69, 9.17) is 10.00 Å². The van der Waals surface area contributed by atoms with Crippen molar-refractivity contribution < 1.29 is 14.3 Å². The van der Waals surface area contributed by atoms with Crippen molar-refractivity contribution in [1.29, 1.82) is 5.26 Å². The summed E-state index contributed by atoms with van der Waals surface area (Å²) in [6.07, 6.45) is 3.88. The molecule has 0 spiro atoms. The third-order valence-corrected chi connectivity index (χ3v) is 4.71. The first-order valence-electron chi connectivity index (χ1n) is 8.43. The lowest BCUT2D eigenvalue weighted by Crippen LogP contribution is -2.41. The molecule has 0 atom stereocenters. The Morgan fingerprint density at radius 1 is 1.17 bits per heavy atom. The fourth-order valence-electron chi connectivity index (χ4n) is 3.30. The summed E-state index contributed by atoms with van der Waals surface area (Å²) in [4.78, 5) is 31.6. The van der Waals surface area contributed by atoms with Gasteiger partial charge in [-0.25, -0.2) is 0 Å². The van der Waals surface area contributed by atoms with Crippen LogP contribution in [0, 0.1) is 17.2 Å². The molecule has 3 heterocycles. The molecule has 0 bridgehead atoms. The quantitative estimate of drug-likeness (QED) is 0.875. The van der Waals surface area contributed by atoms with Gasteiger partial charge in [-0.2, -0.15) is 5.26 Å². The van der Waals surface area contributed by atoms with Crippen LogP contribution < -0.4 is 0 Å². The van der Waals surface area contributed by atoms with Crippen molar-refractivity contribution in [1.82, 2.24) is 14.8 Å². The van der Waals surface area contributed by atoms with E-state index < -0.39 is 0 Å². The van der Waals surface area contributed by atoms with E-state index in [2.05, 4.69) is 4.98 Å². The molecule has 1 aromatic rings. The first-order chi connectivity index (χ1) is 11.7. The molecule has 1 aromatic heterocycles. The number of aromatic nitrogens is 1. The Hall–Kier alpha value is -2.33. The van der Waals surface area contributed by atoms with Gasteiger partial charge in [-0.3, -0.25) is 9.59 Å². The van der Waals surface area contributed by atoms with Gasteiger partial charge in [-0.1, -0.05) is 0 Å². The zero-order valence-corrected chi connectivity index (χ0v) is 13.7. The van der Waals surface area contributed by atoms with Gasteiger partial charge in [-0.05, 0) is 25.3 Å². The molecule has 0 radical (unpaired) electrons. The van der Waals surface area contributed by atoms with E-state index in [-0.39, 0.29) is 17.7 Å². The van der Waals surface area contributed by atoms with Crippen molar-refractivity contribution in [2.75, 3.05) is 39.4 Å². The maximum Gasteiger partial charge on any atom is 0.270 e. The van der Waals surface area contributed by atoms with E-state index in [1.807, 2.05) is 11.0 Å². The summed E-state index contributed by atoms with van der Waals surface area (Å²) >= 11 is 0. The Morgan fingerprint density at radius 2 is 1.88 bits per heavy atom. The highest BCUT2D eigenvalue weighted by molar-refractivity contribution is 5.93. The van der Waals surface area contributed by atoms with Gasteiger partial charge in [0.05, 0.1) is 5.56 Å². The molecule has 0 aromatic carbocycles. The number of amides is 2. The number of H-pyrrole nitrogens is 1. The molecule has 128 valence electrons. The van der Waals surface area contributed by atoms with Crippen LogP contribution in [0.15, 0.2) is 12.3 Å². The van der Waals surface area contributed by atoms with Crippen molar-refractivity contribution >= 4 is 11.8 Å². The van der Waals surface area contributed by atoms with E-state index in [0.29, 0.717) is 50.7 Å². The summed E-state index contributed by atoms with van der Waals surface area (Å²) in [6, 6.07) is 3.58. The van der Waals surface area contributed by atoms with Crippen molar-refractivity contribution in [2.24, 2.45) is 5.92 Å². The smallest absolute Gasteiger partial charge is 0.270 e. The second-order valence-electron chi connectivity index (χ2n) is 6.27. The van der Waals surface area contributed by atoms with E-state index in [1.165, 1.54) is 6.20 Å². The van der Waals surface area contributed by atoms with Crippen molar-refractivity contribution in [3.63, 3.8) is 0 Å². The average Bonchev–Trinajstić information content (AvgIpc) is 2.98. The van der Waals surface area contributed by atoms with E-state index in [1.54, 1.807) is 11.0 Å². The molecule has 1 N–H and O–H groups in total. The molecule has 0 aliphatic carbocycles. The molecule has 2 aliphatic heterocycles. The topological polar surface area (TPSA) is 89.4 Å². The van der Waals surface area contributed by atoms with Crippen molar-refractivity contribution in [2.45, 2.75) is 19.3 Å². The Balaban J connectivity index is 1.59. The lowest BCUT2D eigenvalue weighted by molar-refractivity contribution is -0.138. The highest BCUT2D eigenvalue weighted by Gasteiger charge is 2.29. The first-order valence-corrected chi connectivity index (χ1v) is 8.43. The van der Waals surface area contributed by atoms with E-state index in [9.17, 15) is 9.59 Å². The largest absolute Gasteiger partial charge is 0.381 e. The maximum atomic E-state index is 12.6. The molecule has 7 nitrogen and oxygen atoms in total. The number of nitriles is 1. The number of rotatable bonds is 2. The molecule has 3 rings (SSSR count). The zero-order valence-electron chi connectivity index (χ0n) is 13.7. The van der Waals surface area contributed by atoms with Gasteiger partial charge in [0.2, 0.25) is 5.91 Å². The molecule has 2 aliphatic rings. The van der Waals surface area contributed by atoms with Crippen LogP contribution in [0.25, 0.3) is 0 Å². The van der Waals surface area contributed by atoms with Crippen LogP contribution in [0.3, 0.4) is 0 Å². The monoisotopic (exact) mass is 330 g/mol. The molecule has 0 saturated carbocycles. The third kappa shape index (κ3) is 3.60. The number of nitrogens with zero attached hydrogens (tertiary/aromatic N) is 3. The van der Waals surface area contributed by atoms with Crippen LogP contribution in [0.1, 0.15) is 35.3 Å². The molecule has 2 saturated heterocycles. The summed E-state index contributed by atoms with van der Waals surface area (Å²) in [5.41, 5.74) is 0.875. The van der Waals surface area contributed by atoms with Crippen molar-refractivity contribution in [3.05, 3.63) is 23.5 Å².